The fraction of sp³-hybridized carbons (Fsp3) is 0.550. The zero-order valence-corrected chi connectivity index (χ0v) is 17.6. The molecular formula is C20H32N6O2. The summed E-state index contributed by atoms with van der Waals surface area (Å²) in [5.41, 5.74) is 1.13. The van der Waals surface area contributed by atoms with Gasteiger partial charge in [-0.3, -0.25) is 0 Å². The van der Waals surface area contributed by atoms with Gasteiger partial charge >= 0.3 is 0 Å². The van der Waals surface area contributed by atoms with Crippen molar-refractivity contribution in [1.82, 2.24) is 25.0 Å². The molecule has 0 bridgehead atoms. The molecule has 28 heavy (non-hydrogen) atoms. The summed E-state index contributed by atoms with van der Waals surface area (Å²) in [6.45, 7) is 7.22. The van der Waals surface area contributed by atoms with Crippen LogP contribution in [0.4, 0.5) is 0 Å². The molecule has 1 aromatic heterocycles. The topological polar surface area (TPSA) is 76.8 Å². The fourth-order valence-corrected chi connectivity index (χ4v) is 2.58. The van der Waals surface area contributed by atoms with E-state index in [9.17, 15) is 0 Å². The molecule has 1 aromatic carbocycles. The largest absolute Gasteiger partial charge is 0.491 e. The van der Waals surface area contributed by atoms with Crippen LogP contribution in [-0.2, 0) is 18.3 Å². The van der Waals surface area contributed by atoms with Gasteiger partial charge in [0.05, 0.1) is 6.54 Å². The maximum atomic E-state index is 5.91. The monoisotopic (exact) mass is 388 g/mol. The number of likely N-dealkylation sites (N-methyl/N-ethyl adjacent to an activating group) is 1. The van der Waals surface area contributed by atoms with Crippen LogP contribution in [0.5, 0.6) is 5.75 Å². The molecule has 0 unspecified atom stereocenters. The van der Waals surface area contributed by atoms with Gasteiger partial charge in [0, 0.05) is 34.4 Å². The van der Waals surface area contributed by atoms with Gasteiger partial charge in [-0.05, 0) is 31.9 Å². The van der Waals surface area contributed by atoms with E-state index in [4.69, 9.17) is 14.5 Å². The molecule has 0 fully saturated rings. The number of aliphatic imine (C=N–C) groups is 1. The highest BCUT2D eigenvalue weighted by Gasteiger charge is 2.09. The molecule has 0 amide bonds. The molecule has 8 heteroatoms. The van der Waals surface area contributed by atoms with E-state index < -0.39 is 0 Å². The van der Waals surface area contributed by atoms with Gasteiger partial charge in [0.1, 0.15) is 24.7 Å². The van der Waals surface area contributed by atoms with Crippen LogP contribution in [0.15, 0.2) is 29.3 Å². The van der Waals surface area contributed by atoms with Gasteiger partial charge in [0.15, 0.2) is 11.8 Å². The Labute approximate surface area is 167 Å². The zero-order valence-electron chi connectivity index (χ0n) is 17.6. The Morgan fingerprint density at radius 2 is 2.00 bits per heavy atom. The van der Waals surface area contributed by atoms with Crippen LogP contribution in [0.2, 0.25) is 0 Å². The highest BCUT2D eigenvalue weighted by molar-refractivity contribution is 5.79. The van der Waals surface area contributed by atoms with Gasteiger partial charge < -0.3 is 24.3 Å². The number of guanidine groups is 1. The third-order valence-corrected chi connectivity index (χ3v) is 4.50. The normalized spacial score (nSPS) is 11.5. The number of aromatic nitrogens is 3. The molecule has 0 aliphatic carbocycles. The van der Waals surface area contributed by atoms with Crippen molar-refractivity contribution in [3.05, 3.63) is 41.5 Å². The van der Waals surface area contributed by atoms with Crippen molar-refractivity contribution < 1.29 is 9.47 Å². The lowest BCUT2D eigenvalue weighted by molar-refractivity contribution is 0.195. The van der Waals surface area contributed by atoms with E-state index in [1.165, 1.54) is 0 Å². The Hall–Kier alpha value is -2.61. The predicted octanol–water partition coefficient (Wildman–Crippen LogP) is 1.92. The van der Waals surface area contributed by atoms with Crippen molar-refractivity contribution in [2.24, 2.45) is 12.0 Å². The molecule has 0 saturated carbocycles. The lowest BCUT2D eigenvalue weighted by atomic mass is 10.2. The van der Waals surface area contributed by atoms with Crippen molar-refractivity contribution in [2.75, 3.05) is 40.5 Å². The molecule has 8 nitrogen and oxygen atoms in total. The van der Waals surface area contributed by atoms with Crippen LogP contribution in [-0.4, -0.2) is 66.1 Å². The summed E-state index contributed by atoms with van der Waals surface area (Å²) in [7, 11) is 5.66. The molecule has 2 rings (SSSR count). The Morgan fingerprint density at radius 1 is 1.21 bits per heavy atom. The van der Waals surface area contributed by atoms with Gasteiger partial charge in [-0.2, -0.15) is 0 Å². The summed E-state index contributed by atoms with van der Waals surface area (Å²) in [6, 6.07) is 8.03. The van der Waals surface area contributed by atoms with Crippen LogP contribution < -0.4 is 10.1 Å². The van der Waals surface area contributed by atoms with Crippen molar-refractivity contribution in [2.45, 2.75) is 26.8 Å². The van der Waals surface area contributed by atoms with Crippen LogP contribution >= 0.6 is 0 Å². The molecule has 1 heterocycles. The van der Waals surface area contributed by atoms with Crippen LogP contribution in [0.1, 0.15) is 23.6 Å². The third kappa shape index (κ3) is 6.53. The van der Waals surface area contributed by atoms with Crippen molar-refractivity contribution >= 4 is 5.96 Å². The lowest BCUT2D eigenvalue weighted by Gasteiger charge is -2.23. The van der Waals surface area contributed by atoms with E-state index in [2.05, 4.69) is 20.4 Å². The summed E-state index contributed by atoms with van der Waals surface area (Å²) in [5, 5.41) is 11.7. The minimum Gasteiger partial charge on any atom is -0.491 e. The SMILES string of the molecule is COCCCNC(=NCc1nnc(C)n1C)N(C)CCOc1ccccc1C. The quantitative estimate of drug-likeness (QED) is 0.381. The van der Waals surface area contributed by atoms with E-state index in [0.29, 0.717) is 26.3 Å². The second kappa shape index (κ2) is 11.3. The minimum atomic E-state index is 0.465. The maximum absolute atomic E-state index is 5.91. The lowest BCUT2D eigenvalue weighted by Crippen LogP contribution is -2.41. The van der Waals surface area contributed by atoms with Crippen molar-refractivity contribution in [3.63, 3.8) is 0 Å². The standard InChI is InChI=1S/C20H32N6O2/c1-16-9-6-7-10-18(16)28-14-12-25(3)20(21-11-8-13-27-5)22-15-19-24-23-17(2)26(19)4/h6-7,9-10H,8,11-15H2,1-5H3,(H,21,22). The van der Waals surface area contributed by atoms with Gasteiger partial charge in [-0.15, -0.1) is 10.2 Å². The number of para-hydroxylation sites is 1. The number of hydrogen-bond donors (Lipinski definition) is 1. The van der Waals surface area contributed by atoms with E-state index in [-0.39, 0.29) is 0 Å². The molecule has 2 aromatic rings. The summed E-state index contributed by atoms with van der Waals surface area (Å²) in [4.78, 5) is 6.78. The van der Waals surface area contributed by atoms with Gasteiger partial charge in [0.2, 0.25) is 0 Å². The summed E-state index contributed by atoms with van der Waals surface area (Å²) >= 11 is 0. The molecule has 0 aliphatic rings. The van der Waals surface area contributed by atoms with E-state index >= 15 is 0 Å². The Bertz CT molecular complexity index is 759. The van der Waals surface area contributed by atoms with Crippen molar-refractivity contribution in [1.29, 1.82) is 0 Å². The minimum absolute atomic E-state index is 0.465. The number of nitrogens with one attached hydrogen (secondary N) is 1. The van der Waals surface area contributed by atoms with Crippen LogP contribution in [0, 0.1) is 13.8 Å². The Kier molecular flexibility index (Phi) is 8.74. The first kappa shape index (κ1) is 21.7. The number of hydrogen-bond acceptors (Lipinski definition) is 5. The smallest absolute Gasteiger partial charge is 0.194 e. The van der Waals surface area contributed by atoms with Gasteiger partial charge in [0.25, 0.3) is 0 Å². The molecule has 1 N–H and O–H groups in total. The number of benzene rings is 1. The highest BCUT2D eigenvalue weighted by atomic mass is 16.5. The Balaban J connectivity index is 1.95. The summed E-state index contributed by atoms with van der Waals surface area (Å²) in [6.07, 6.45) is 0.909. The first-order chi connectivity index (χ1) is 13.5. The first-order valence-electron chi connectivity index (χ1n) is 9.54. The fourth-order valence-electron chi connectivity index (χ4n) is 2.58. The Morgan fingerprint density at radius 3 is 2.68 bits per heavy atom. The molecule has 0 spiro atoms. The molecule has 0 saturated heterocycles. The summed E-state index contributed by atoms with van der Waals surface area (Å²) in [5.74, 6) is 3.43. The molecule has 154 valence electrons. The molecular weight excluding hydrogens is 356 g/mol. The van der Waals surface area contributed by atoms with E-state index in [0.717, 1.165) is 41.9 Å². The highest BCUT2D eigenvalue weighted by Crippen LogP contribution is 2.15. The number of ether oxygens (including phenoxy) is 2. The van der Waals surface area contributed by atoms with Crippen LogP contribution in [0.3, 0.4) is 0 Å². The average Bonchev–Trinajstić information content (AvgIpc) is 3.01. The number of nitrogens with zero attached hydrogens (tertiary/aromatic N) is 5. The summed E-state index contributed by atoms with van der Waals surface area (Å²) < 4.78 is 13.0. The predicted molar refractivity (Wildman–Crippen MR) is 111 cm³/mol. The molecule has 0 radical (unpaired) electrons. The van der Waals surface area contributed by atoms with Crippen LogP contribution in [0.25, 0.3) is 0 Å². The third-order valence-electron chi connectivity index (χ3n) is 4.50. The number of aryl methyl sites for hydroxylation is 2. The van der Waals surface area contributed by atoms with Crippen molar-refractivity contribution in [3.8, 4) is 5.75 Å². The van der Waals surface area contributed by atoms with E-state index in [1.807, 2.05) is 56.8 Å². The maximum Gasteiger partial charge on any atom is 0.194 e. The second-order valence-corrected chi connectivity index (χ2v) is 6.67. The van der Waals surface area contributed by atoms with Gasteiger partial charge in [-0.1, -0.05) is 18.2 Å². The first-order valence-corrected chi connectivity index (χ1v) is 9.54. The second-order valence-electron chi connectivity index (χ2n) is 6.67. The number of methoxy groups -OCH3 is 1. The zero-order chi connectivity index (χ0) is 20.4. The van der Waals surface area contributed by atoms with Gasteiger partial charge in [-0.25, -0.2) is 4.99 Å². The molecule has 0 atom stereocenters. The number of rotatable bonds is 10. The van der Waals surface area contributed by atoms with E-state index in [1.54, 1.807) is 7.11 Å². The molecule has 0 aliphatic heterocycles. The average molecular weight is 389 g/mol.